The fourth-order valence-electron chi connectivity index (χ4n) is 3.28. The fourth-order valence-corrected chi connectivity index (χ4v) is 3.99. The quantitative estimate of drug-likeness (QED) is 0.554. The van der Waals surface area contributed by atoms with Gasteiger partial charge in [-0.1, -0.05) is 24.3 Å². The van der Waals surface area contributed by atoms with Crippen molar-refractivity contribution in [3.05, 3.63) is 52.7 Å². The molecular weight excluding hydrogens is 370 g/mol. The SMILES string of the molecule is CN=C(NCCC(=O)N1CCN(c2ccccc2)CC1)NCCc1cccs1. The molecular formula is C21H29N5OS. The lowest BCUT2D eigenvalue weighted by atomic mass is 10.2. The van der Waals surface area contributed by atoms with E-state index in [0.29, 0.717) is 13.0 Å². The van der Waals surface area contributed by atoms with Crippen molar-refractivity contribution in [2.45, 2.75) is 12.8 Å². The molecule has 1 aromatic heterocycles. The normalized spacial score (nSPS) is 14.8. The number of hydrogen-bond acceptors (Lipinski definition) is 4. The van der Waals surface area contributed by atoms with Crippen LogP contribution in [-0.4, -0.2) is 63.1 Å². The fraction of sp³-hybridized carbons (Fsp3) is 0.429. The molecule has 0 spiro atoms. The van der Waals surface area contributed by atoms with E-state index in [4.69, 9.17) is 0 Å². The highest BCUT2D eigenvalue weighted by atomic mass is 32.1. The molecule has 2 aromatic rings. The lowest BCUT2D eigenvalue weighted by Gasteiger charge is -2.36. The monoisotopic (exact) mass is 399 g/mol. The highest BCUT2D eigenvalue weighted by Gasteiger charge is 2.20. The molecule has 1 aromatic carbocycles. The van der Waals surface area contributed by atoms with Gasteiger partial charge in [-0.3, -0.25) is 9.79 Å². The number of nitrogens with one attached hydrogen (secondary N) is 2. The minimum atomic E-state index is 0.203. The molecule has 28 heavy (non-hydrogen) atoms. The molecule has 1 fully saturated rings. The zero-order valence-corrected chi connectivity index (χ0v) is 17.3. The van der Waals surface area contributed by atoms with Crippen LogP contribution in [0, 0.1) is 0 Å². The molecule has 1 saturated heterocycles. The van der Waals surface area contributed by atoms with E-state index in [0.717, 1.165) is 45.1 Å². The first-order valence-corrected chi connectivity index (χ1v) is 10.7. The zero-order chi connectivity index (χ0) is 19.6. The second kappa shape index (κ2) is 10.7. The van der Waals surface area contributed by atoms with Gasteiger partial charge in [-0.05, 0) is 30.0 Å². The molecule has 0 radical (unpaired) electrons. The number of carbonyl (C=O) groups excluding carboxylic acids is 1. The first kappa shape index (κ1) is 20.2. The Hall–Kier alpha value is -2.54. The number of aliphatic imine (C=N–C) groups is 1. The third kappa shape index (κ3) is 5.99. The van der Waals surface area contributed by atoms with Gasteiger partial charge in [0.15, 0.2) is 5.96 Å². The van der Waals surface area contributed by atoms with Crippen LogP contribution in [0.1, 0.15) is 11.3 Å². The van der Waals surface area contributed by atoms with E-state index in [-0.39, 0.29) is 5.91 Å². The molecule has 2 N–H and O–H groups in total. The highest BCUT2D eigenvalue weighted by Crippen LogP contribution is 2.15. The van der Waals surface area contributed by atoms with Crippen molar-refractivity contribution in [2.75, 3.05) is 51.2 Å². The maximum atomic E-state index is 12.5. The smallest absolute Gasteiger partial charge is 0.224 e. The van der Waals surface area contributed by atoms with Crippen LogP contribution in [0.4, 0.5) is 5.69 Å². The number of rotatable bonds is 7. The number of thiophene rings is 1. The van der Waals surface area contributed by atoms with Gasteiger partial charge in [0.1, 0.15) is 0 Å². The number of hydrogen-bond donors (Lipinski definition) is 2. The predicted octanol–water partition coefficient (Wildman–Crippen LogP) is 2.19. The molecule has 0 saturated carbocycles. The van der Waals surface area contributed by atoms with Crippen LogP contribution in [0.5, 0.6) is 0 Å². The van der Waals surface area contributed by atoms with Crippen LogP contribution in [0.15, 0.2) is 52.8 Å². The lowest BCUT2D eigenvalue weighted by molar-refractivity contribution is -0.131. The lowest BCUT2D eigenvalue weighted by Crippen LogP contribution is -2.49. The van der Waals surface area contributed by atoms with Crippen LogP contribution in [-0.2, 0) is 11.2 Å². The van der Waals surface area contributed by atoms with E-state index in [9.17, 15) is 4.79 Å². The van der Waals surface area contributed by atoms with Gasteiger partial charge in [-0.15, -0.1) is 11.3 Å². The third-order valence-electron chi connectivity index (χ3n) is 4.85. The predicted molar refractivity (Wildman–Crippen MR) is 117 cm³/mol. The summed E-state index contributed by atoms with van der Waals surface area (Å²) in [5.41, 5.74) is 1.23. The number of carbonyl (C=O) groups is 1. The van der Waals surface area contributed by atoms with Gasteiger partial charge < -0.3 is 20.4 Å². The third-order valence-corrected chi connectivity index (χ3v) is 5.79. The summed E-state index contributed by atoms with van der Waals surface area (Å²) in [6.45, 7) is 4.75. The van der Waals surface area contributed by atoms with Gasteiger partial charge >= 0.3 is 0 Å². The summed E-state index contributed by atoms with van der Waals surface area (Å²) >= 11 is 1.76. The summed E-state index contributed by atoms with van der Waals surface area (Å²) in [4.78, 5) is 22.4. The Morgan fingerprint density at radius 3 is 2.46 bits per heavy atom. The second-order valence-corrected chi connectivity index (χ2v) is 7.74. The summed E-state index contributed by atoms with van der Waals surface area (Å²) in [7, 11) is 1.76. The van der Waals surface area contributed by atoms with Crippen molar-refractivity contribution in [1.29, 1.82) is 0 Å². The Morgan fingerprint density at radius 1 is 1.04 bits per heavy atom. The number of nitrogens with zero attached hydrogens (tertiary/aromatic N) is 3. The average molecular weight is 400 g/mol. The number of para-hydroxylation sites is 1. The minimum absolute atomic E-state index is 0.203. The molecule has 2 heterocycles. The van der Waals surface area contributed by atoms with Crippen molar-refractivity contribution in [2.24, 2.45) is 4.99 Å². The molecule has 0 bridgehead atoms. The minimum Gasteiger partial charge on any atom is -0.368 e. The Bertz CT molecular complexity index is 739. The number of benzene rings is 1. The molecule has 1 aliphatic rings. The van der Waals surface area contributed by atoms with Gasteiger partial charge in [0.05, 0.1) is 0 Å². The van der Waals surface area contributed by atoms with E-state index in [2.05, 4.69) is 62.3 Å². The Morgan fingerprint density at radius 2 is 1.79 bits per heavy atom. The highest BCUT2D eigenvalue weighted by molar-refractivity contribution is 7.09. The first-order chi connectivity index (χ1) is 13.8. The Kier molecular flexibility index (Phi) is 7.72. The van der Waals surface area contributed by atoms with Gasteiger partial charge in [0.25, 0.3) is 0 Å². The molecule has 6 nitrogen and oxygen atoms in total. The molecule has 0 unspecified atom stereocenters. The maximum Gasteiger partial charge on any atom is 0.224 e. The van der Waals surface area contributed by atoms with Crippen molar-refractivity contribution in [3.8, 4) is 0 Å². The van der Waals surface area contributed by atoms with Crippen molar-refractivity contribution in [3.63, 3.8) is 0 Å². The van der Waals surface area contributed by atoms with Gasteiger partial charge in [0.2, 0.25) is 5.91 Å². The summed E-state index contributed by atoms with van der Waals surface area (Å²) in [6.07, 6.45) is 1.46. The van der Waals surface area contributed by atoms with E-state index in [1.54, 1.807) is 18.4 Å². The topological polar surface area (TPSA) is 60.0 Å². The molecule has 0 aliphatic carbocycles. The van der Waals surface area contributed by atoms with Crippen LogP contribution in [0.3, 0.4) is 0 Å². The average Bonchev–Trinajstić information content (AvgIpc) is 3.27. The summed E-state index contributed by atoms with van der Waals surface area (Å²) in [6, 6.07) is 14.6. The number of amides is 1. The van der Waals surface area contributed by atoms with Gasteiger partial charge in [-0.25, -0.2) is 0 Å². The molecule has 1 amide bonds. The first-order valence-electron chi connectivity index (χ1n) is 9.81. The summed E-state index contributed by atoms with van der Waals surface area (Å²) in [5.74, 6) is 0.951. The van der Waals surface area contributed by atoms with Crippen molar-refractivity contribution in [1.82, 2.24) is 15.5 Å². The van der Waals surface area contributed by atoms with Crippen LogP contribution in [0.25, 0.3) is 0 Å². The van der Waals surface area contributed by atoms with Crippen LogP contribution >= 0.6 is 11.3 Å². The standard InChI is InChI=1S/C21H29N5OS/c1-22-21(23-11-9-19-8-5-17-28-19)24-12-10-20(27)26-15-13-25(14-16-26)18-6-3-2-4-7-18/h2-8,17H,9-16H2,1H3,(H2,22,23,24). The van der Waals surface area contributed by atoms with E-state index in [1.165, 1.54) is 10.6 Å². The Balaban J connectivity index is 1.32. The molecule has 7 heteroatoms. The van der Waals surface area contributed by atoms with Crippen molar-refractivity contribution < 1.29 is 4.79 Å². The summed E-state index contributed by atoms with van der Waals surface area (Å²) < 4.78 is 0. The zero-order valence-electron chi connectivity index (χ0n) is 16.4. The van der Waals surface area contributed by atoms with Crippen molar-refractivity contribution >= 4 is 28.9 Å². The molecule has 150 valence electrons. The molecule has 3 rings (SSSR count). The largest absolute Gasteiger partial charge is 0.368 e. The van der Waals surface area contributed by atoms with E-state index in [1.807, 2.05) is 11.0 Å². The number of piperazine rings is 1. The number of anilines is 1. The molecule has 0 atom stereocenters. The van der Waals surface area contributed by atoms with Crippen LogP contribution in [0.2, 0.25) is 0 Å². The maximum absolute atomic E-state index is 12.5. The summed E-state index contributed by atoms with van der Waals surface area (Å²) in [5, 5.41) is 8.63. The van der Waals surface area contributed by atoms with Crippen LogP contribution < -0.4 is 15.5 Å². The van der Waals surface area contributed by atoms with Gasteiger partial charge in [-0.2, -0.15) is 0 Å². The van der Waals surface area contributed by atoms with E-state index >= 15 is 0 Å². The molecule has 1 aliphatic heterocycles. The van der Waals surface area contributed by atoms with Gasteiger partial charge in [0, 0.05) is 63.3 Å². The van der Waals surface area contributed by atoms with E-state index < -0.39 is 0 Å². The Labute approximate surface area is 171 Å². The number of guanidine groups is 1. The second-order valence-electron chi connectivity index (χ2n) is 6.71.